The molecule has 4 rings (SSSR count). The summed E-state index contributed by atoms with van der Waals surface area (Å²) in [5.41, 5.74) is 1.08. The minimum Gasteiger partial charge on any atom is -0.452 e. The zero-order valence-corrected chi connectivity index (χ0v) is 17.0. The van der Waals surface area contributed by atoms with Crippen molar-refractivity contribution in [3.05, 3.63) is 93.9 Å². The molecule has 0 aliphatic carbocycles. The maximum absolute atomic E-state index is 13.0. The van der Waals surface area contributed by atoms with E-state index in [-0.39, 0.29) is 27.9 Å². The molecule has 0 unspecified atom stereocenters. The van der Waals surface area contributed by atoms with Crippen LogP contribution in [-0.2, 0) is 10.1 Å². The van der Waals surface area contributed by atoms with Gasteiger partial charge in [-0.1, -0.05) is 28.1 Å². The Labute approximate surface area is 174 Å². The van der Waals surface area contributed by atoms with Crippen molar-refractivity contribution in [2.75, 3.05) is 0 Å². The highest BCUT2D eigenvalue weighted by Gasteiger charge is 2.28. The van der Waals surface area contributed by atoms with Gasteiger partial charge in [-0.25, -0.2) is 4.39 Å². The Morgan fingerprint density at radius 2 is 1.66 bits per heavy atom. The average Bonchev–Trinajstić information content (AvgIpc) is 2.98. The van der Waals surface area contributed by atoms with E-state index in [0.29, 0.717) is 5.56 Å². The van der Waals surface area contributed by atoms with Crippen LogP contribution in [0.2, 0.25) is 0 Å². The molecule has 1 aliphatic rings. The third-order valence-electron chi connectivity index (χ3n) is 4.12. The van der Waals surface area contributed by atoms with Gasteiger partial charge in [0.25, 0.3) is 0 Å². The van der Waals surface area contributed by atoms with E-state index in [1.165, 1.54) is 18.2 Å². The van der Waals surface area contributed by atoms with Crippen LogP contribution in [0.4, 0.5) is 4.39 Å². The van der Waals surface area contributed by atoms with Crippen LogP contribution in [0.15, 0.2) is 81.9 Å². The number of carbonyl (C=O) groups is 1. The van der Waals surface area contributed by atoms with Crippen molar-refractivity contribution in [3.63, 3.8) is 0 Å². The SMILES string of the molecule is O=C1/C(=C/c2ccc(Br)cc2)Oc2cc(OS(=O)(=O)c3ccc(F)cc3)ccc21. The van der Waals surface area contributed by atoms with Crippen molar-refractivity contribution in [2.45, 2.75) is 4.90 Å². The zero-order valence-electron chi connectivity index (χ0n) is 14.6. The van der Waals surface area contributed by atoms with Gasteiger partial charge in [-0.3, -0.25) is 4.79 Å². The first kappa shape index (κ1) is 19.4. The molecule has 3 aromatic carbocycles. The molecule has 0 bridgehead atoms. The average molecular weight is 475 g/mol. The lowest BCUT2D eigenvalue weighted by molar-refractivity contribution is 0.101. The molecule has 0 atom stereocenters. The molecule has 0 fully saturated rings. The largest absolute Gasteiger partial charge is 0.452 e. The molecule has 0 N–H and O–H groups in total. The van der Waals surface area contributed by atoms with Gasteiger partial charge in [-0.2, -0.15) is 8.42 Å². The lowest BCUT2D eigenvalue weighted by Crippen LogP contribution is -2.09. The van der Waals surface area contributed by atoms with E-state index in [0.717, 1.165) is 34.3 Å². The molecule has 1 heterocycles. The van der Waals surface area contributed by atoms with Crippen molar-refractivity contribution in [1.82, 2.24) is 0 Å². The highest BCUT2D eigenvalue weighted by molar-refractivity contribution is 9.10. The molecular weight excluding hydrogens is 463 g/mol. The molecule has 1 aliphatic heterocycles. The molecule has 0 aromatic heterocycles. The van der Waals surface area contributed by atoms with Crippen molar-refractivity contribution >= 4 is 37.9 Å². The second kappa shape index (κ2) is 7.46. The summed E-state index contributed by atoms with van der Waals surface area (Å²) in [6.45, 7) is 0. The number of fused-ring (bicyclic) bond motifs is 1. The lowest BCUT2D eigenvalue weighted by Gasteiger charge is -2.08. The summed E-state index contributed by atoms with van der Waals surface area (Å²) in [5, 5.41) is 0. The van der Waals surface area contributed by atoms with Gasteiger partial charge in [0, 0.05) is 10.5 Å². The molecule has 0 saturated carbocycles. The number of halogens is 2. The normalized spacial score (nSPS) is 14.6. The van der Waals surface area contributed by atoms with Crippen LogP contribution in [0.25, 0.3) is 6.08 Å². The second-order valence-electron chi connectivity index (χ2n) is 6.14. The first-order valence-electron chi connectivity index (χ1n) is 8.36. The number of rotatable bonds is 4. The van der Waals surface area contributed by atoms with Gasteiger partial charge in [-0.15, -0.1) is 0 Å². The summed E-state index contributed by atoms with van der Waals surface area (Å²) in [5.74, 6) is -0.564. The number of hydrogen-bond acceptors (Lipinski definition) is 5. The van der Waals surface area contributed by atoms with Gasteiger partial charge >= 0.3 is 10.1 Å². The summed E-state index contributed by atoms with van der Waals surface area (Å²) in [4.78, 5) is 12.3. The topological polar surface area (TPSA) is 69.7 Å². The van der Waals surface area contributed by atoms with E-state index >= 15 is 0 Å². The highest BCUT2D eigenvalue weighted by Crippen LogP contribution is 2.35. The van der Waals surface area contributed by atoms with Crippen LogP contribution in [0.1, 0.15) is 15.9 Å². The second-order valence-corrected chi connectivity index (χ2v) is 8.60. The Kier molecular flexibility index (Phi) is 4.97. The van der Waals surface area contributed by atoms with E-state index < -0.39 is 15.9 Å². The first-order chi connectivity index (χ1) is 13.8. The fourth-order valence-electron chi connectivity index (χ4n) is 2.71. The number of benzene rings is 3. The number of carbonyl (C=O) groups excluding carboxylic acids is 1. The quantitative estimate of drug-likeness (QED) is 0.394. The maximum atomic E-state index is 13.0. The van der Waals surface area contributed by atoms with Crippen molar-refractivity contribution < 1.29 is 26.5 Å². The van der Waals surface area contributed by atoms with E-state index in [1.54, 1.807) is 6.08 Å². The number of Topliss-reactive ketones (excluding diaryl/α,β-unsaturated/α-hetero) is 1. The Balaban J connectivity index is 1.59. The maximum Gasteiger partial charge on any atom is 0.339 e. The van der Waals surface area contributed by atoms with E-state index in [2.05, 4.69) is 15.9 Å². The fourth-order valence-corrected chi connectivity index (χ4v) is 3.89. The molecule has 0 radical (unpaired) electrons. The van der Waals surface area contributed by atoms with Gasteiger partial charge < -0.3 is 8.92 Å². The monoisotopic (exact) mass is 474 g/mol. The van der Waals surface area contributed by atoms with Crippen LogP contribution in [0, 0.1) is 5.82 Å². The minimum absolute atomic E-state index is 0.0224. The van der Waals surface area contributed by atoms with E-state index in [1.807, 2.05) is 24.3 Å². The molecule has 0 spiro atoms. The van der Waals surface area contributed by atoms with Crippen molar-refractivity contribution in [3.8, 4) is 11.5 Å². The third kappa shape index (κ3) is 4.08. The number of ether oxygens (including phenoxy) is 1. The fraction of sp³-hybridized carbons (Fsp3) is 0. The lowest BCUT2D eigenvalue weighted by atomic mass is 10.1. The predicted molar refractivity (Wildman–Crippen MR) is 108 cm³/mol. The van der Waals surface area contributed by atoms with Gasteiger partial charge in [0.2, 0.25) is 5.78 Å². The zero-order chi connectivity index (χ0) is 20.6. The van der Waals surface area contributed by atoms with Crippen molar-refractivity contribution in [1.29, 1.82) is 0 Å². The number of allylic oxidation sites excluding steroid dienone is 1. The molecule has 146 valence electrons. The van der Waals surface area contributed by atoms with Gasteiger partial charge in [-0.05, 0) is 60.2 Å². The molecule has 0 saturated heterocycles. The Morgan fingerprint density at radius 3 is 2.34 bits per heavy atom. The molecule has 3 aromatic rings. The Morgan fingerprint density at radius 1 is 0.966 bits per heavy atom. The van der Waals surface area contributed by atoms with Crippen LogP contribution < -0.4 is 8.92 Å². The van der Waals surface area contributed by atoms with E-state index in [4.69, 9.17) is 8.92 Å². The minimum atomic E-state index is -4.15. The summed E-state index contributed by atoms with van der Waals surface area (Å²) in [6.07, 6.45) is 1.60. The van der Waals surface area contributed by atoms with Crippen molar-refractivity contribution in [2.24, 2.45) is 0 Å². The summed E-state index contributed by atoms with van der Waals surface area (Å²) < 4.78 is 49.3. The van der Waals surface area contributed by atoms with Gasteiger partial charge in [0.05, 0.1) is 5.56 Å². The molecule has 0 amide bonds. The smallest absolute Gasteiger partial charge is 0.339 e. The van der Waals surface area contributed by atoms with Crippen LogP contribution >= 0.6 is 15.9 Å². The molecular formula is C21H12BrFO5S. The Hall–Kier alpha value is -2.97. The number of ketones is 1. The van der Waals surface area contributed by atoms with Crippen LogP contribution in [0.3, 0.4) is 0 Å². The summed E-state index contributed by atoms with van der Waals surface area (Å²) >= 11 is 3.35. The van der Waals surface area contributed by atoms with Crippen LogP contribution in [0.5, 0.6) is 11.5 Å². The molecule has 29 heavy (non-hydrogen) atoms. The first-order valence-corrected chi connectivity index (χ1v) is 10.6. The highest BCUT2D eigenvalue weighted by atomic mass is 79.9. The number of hydrogen-bond donors (Lipinski definition) is 0. The standard InChI is InChI=1S/C21H12BrFO5S/c22-14-3-1-13(2-4-14)11-20-21(24)18-10-7-16(12-19(18)27-20)28-29(25,26)17-8-5-15(23)6-9-17/h1-12H/b20-11-. The Bertz CT molecular complexity index is 1230. The molecule has 5 nitrogen and oxygen atoms in total. The summed E-state index contributed by atoms with van der Waals surface area (Å²) in [6, 6.07) is 15.7. The molecule has 8 heteroatoms. The third-order valence-corrected chi connectivity index (χ3v) is 5.91. The van der Waals surface area contributed by atoms with Gasteiger partial charge in [0.1, 0.15) is 22.2 Å². The predicted octanol–water partition coefficient (Wildman–Crippen LogP) is 4.97. The van der Waals surface area contributed by atoms with E-state index in [9.17, 15) is 17.6 Å². The van der Waals surface area contributed by atoms with Crippen LogP contribution in [-0.4, -0.2) is 14.2 Å². The van der Waals surface area contributed by atoms with Gasteiger partial charge in [0.15, 0.2) is 5.76 Å². The summed E-state index contributed by atoms with van der Waals surface area (Å²) in [7, 11) is -4.15.